The van der Waals surface area contributed by atoms with E-state index in [1.165, 1.54) is 4.90 Å². The van der Waals surface area contributed by atoms with Gasteiger partial charge in [0.25, 0.3) is 5.91 Å². The molecule has 0 fully saturated rings. The number of carboxylic acid groups (broad SMARTS) is 1. The molecule has 0 saturated carbocycles. The minimum Gasteiger partial charge on any atom is -0.481 e. The smallest absolute Gasteiger partial charge is 0.305 e. The number of nitrogens with zero attached hydrogens (tertiary/aromatic N) is 1. The van der Waals surface area contributed by atoms with Crippen LogP contribution in [0.5, 0.6) is 0 Å². The molecule has 0 aliphatic carbocycles. The van der Waals surface area contributed by atoms with Crippen LogP contribution < -0.4 is 0 Å². The number of hydrogen-bond donors (Lipinski definition) is 1. The van der Waals surface area contributed by atoms with E-state index < -0.39 is 5.97 Å². The first-order valence-electron chi connectivity index (χ1n) is 4.73. The summed E-state index contributed by atoms with van der Waals surface area (Å²) in [5, 5.41) is 8.51. The Labute approximate surface area is 102 Å². The minimum atomic E-state index is -0.907. The van der Waals surface area contributed by atoms with Crippen LogP contribution in [0.4, 0.5) is 0 Å². The maximum absolute atomic E-state index is 11.8. The topological polar surface area (TPSA) is 57.6 Å². The van der Waals surface area contributed by atoms with E-state index in [0.29, 0.717) is 5.56 Å². The van der Waals surface area contributed by atoms with Gasteiger partial charge in [0.1, 0.15) is 0 Å². The number of carbonyl (C=O) groups is 2. The standard InChI is InChI=1S/C11H12BrNO3/c1-13(7-6-10(14)15)11(16)8-2-4-9(12)5-3-8/h2-5H,6-7H2,1H3,(H,14,15). The summed E-state index contributed by atoms with van der Waals surface area (Å²) in [5.41, 5.74) is 0.552. The SMILES string of the molecule is CN(CCC(=O)O)C(=O)c1ccc(Br)cc1. The molecule has 0 atom stereocenters. The number of carbonyl (C=O) groups excluding carboxylic acids is 1. The lowest BCUT2D eigenvalue weighted by Gasteiger charge is -2.15. The van der Waals surface area contributed by atoms with E-state index in [1.54, 1.807) is 31.3 Å². The van der Waals surface area contributed by atoms with Gasteiger partial charge >= 0.3 is 5.97 Å². The molecule has 86 valence electrons. The molecule has 0 spiro atoms. The third kappa shape index (κ3) is 3.66. The molecule has 0 aliphatic heterocycles. The molecular weight excluding hydrogens is 274 g/mol. The van der Waals surface area contributed by atoms with Crippen LogP contribution in [-0.2, 0) is 4.79 Å². The van der Waals surface area contributed by atoms with Crippen molar-refractivity contribution >= 4 is 27.8 Å². The highest BCUT2D eigenvalue weighted by Gasteiger charge is 2.12. The molecule has 1 N–H and O–H groups in total. The van der Waals surface area contributed by atoms with Gasteiger partial charge in [0.2, 0.25) is 0 Å². The van der Waals surface area contributed by atoms with Crippen molar-refractivity contribution in [2.45, 2.75) is 6.42 Å². The molecule has 0 saturated heterocycles. The van der Waals surface area contributed by atoms with E-state index in [-0.39, 0.29) is 18.9 Å². The van der Waals surface area contributed by atoms with Gasteiger partial charge in [-0.2, -0.15) is 0 Å². The van der Waals surface area contributed by atoms with Crippen molar-refractivity contribution in [1.82, 2.24) is 4.90 Å². The largest absolute Gasteiger partial charge is 0.481 e. The number of hydrogen-bond acceptors (Lipinski definition) is 2. The molecule has 0 aliphatic rings. The summed E-state index contributed by atoms with van der Waals surface area (Å²) in [6, 6.07) is 6.95. The summed E-state index contributed by atoms with van der Waals surface area (Å²) in [6.07, 6.45) is -0.0429. The minimum absolute atomic E-state index is 0.0429. The first-order valence-corrected chi connectivity index (χ1v) is 5.53. The second-order valence-corrected chi connectivity index (χ2v) is 4.29. The van der Waals surface area contributed by atoms with Crippen LogP contribution in [0.15, 0.2) is 28.7 Å². The number of rotatable bonds is 4. The van der Waals surface area contributed by atoms with Gasteiger partial charge in [-0.1, -0.05) is 15.9 Å². The second kappa shape index (κ2) is 5.65. The molecule has 0 aromatic heterocycles. The zero-order valence-electron chi connectivity index (χ0n) is 8.81. The van der Waals surface area contributed by atoms with E-state index in [2.05, 4.69) is 15.9 Å². The number of aliphatic carboxylic acids is 1. The third-order valence-electron chi connectivity index (χ3n) is 2.10. The van der Waals surface area contributed by atoms with Gasteiger partial charge in [-0.25, -0.2) is 0 Å². The summed E-state index contributed by atoms with van der Waals surface area (Å²) in [5.74, 6) is -1.08. The lowest BCUT2D eigenvalue weighted by atomic mass is 10.2. The Balaban J connectivity index is 2.63. The summed E-state index contributed by atoms with van der Waals surface area (Å²) >= 11 is 3.28. The van der Waals surface area contributed by atoms with Crippen molar-refractivity contribution in [2.75, 3.05) is 13.6 Å². The molecule has 16 heavy (non-hydrogen) atoms. The van der Waals surface area contributed by atoms with Crippen molar-refractivity contribution in [3.8, 4) is 0 Å². The Morgan fingerprint density at radius 1 is 1.31 bits per heavy atom. The van der Waals surface area contributed by atoms with Crippen molar-refractivity contribution in [2.24, 2.45) is 0 Å². The number of halogens is 1. The Hall–Kier alpha value is -1.36. The van der Waals surface area contributed by atoms with Gasteiger partial charge in [0.05, 0.1) is 6.42 Å². The van der Waals surface area contributed by atoms with E-state index in [0.717, 1.165) is 4.47 Å². The zero-order valence-corrected chi connectivity index (χ0v) is 10.4. The molecule has 1 aromatic carbocycles. The maximum Gasteiger partial charge on any atom is 0.305 e. The monoisotopic (exact) mass is 285 g/mol. The van der Waals surface area contributed by atoms with E-state index in [9.17, 15) is 9.59 Å². The fourth-order valence-corrected chi connectivity index (χ4v) is 1.44. The van der Waals surface area contributed by atoms with Gasteiger partial charge in [-0.05, 0) is 24.3 Å². The highest BCUT2D eigenvalue weighted by molar-refractivity contribution is 9.10. The molecule has 1 amide bonds. The second-order valence-electron chi connectivity index (χ2n) is 3.38. The molecule has 5 heteroatoms. The molecule has 0 heterocycles. The predicted octanol–water partition coefficient (Wildman–Crippen LogP) is 2.00. The summed E-state index contributed by atoms with van der Waals surface area (Å²) < 4.78 is 0.900. The highest BCUT2D eigenvalue weighted by atomic mass is 79.9. The maximum atomic E-state index is 11.8. The fraction of sp³-hybridized carbons (Fsp3) is 0.273. The molecule has 4 nitrogen and oxygen atoms in total. The van der Waals surface area contributed by atoms with Gasteiger partial charge < -0.3 is 10.0 Å². The van der Waals surface area contributed by atoms with E-state index in [1.807, 2.05) is 0 Å². The lowest BCUT2D eigenvalue weighted by molar-refractivity contribution is -0.137. The van der Waals surface area contributed by atoms with Crippen LogP contribution in [-0.4, -0.2) is 35.5 Å². The van der Waals surface area contributed by atoms with Crippen molar-refractivity contribution in [3.05, 3.63) is 34.3 Å². The van der Waals surface area contributed by atoms with Crippen LogP contribution in [0.1, 0.15) is 16.8 Å². The molecule has 0 unspecified atom stereocenters. The molecular formula is C11H12BrNO3. The molecule has 1 aromatic rings. The Bertz CT molecular complexity index is 389. The van der Waals surface area contributed by atoms with Crippen LogP contribution in [0, 0.1) is 0 Å². The van der Waals surface area contributed by atoms with Crippen LogP contribution in [0.3, 0.4) is 0 Å². The van der Waals surface area contributed by atoms with Crippen molar-refractivity contribution in [1.29, 1.82) is 0 Å². The number of benzene rings is 1. The van der Waals surface area contributed by atoms with Gasteiger partial charge in [-0.3, -0.25) is 9.59 Å². The lowest BCUT2D eigenvalue weighted by Crippen LogP contribution is -2.28. The third-order valence-corrected chi connectivity index (χ3v) is 2.63. The summed E-state index contributed by atoms with van der Waals surface area (Å²) in [4.78, 5) is 23.5. The molecule has 0 bridgehead atoms. The van der Waals surface area contributed by atoms with Crippen LogP contribution >= 0.6 is 15.9 Å². The Kier molecular flexibility index (Phi) is 4.49. The number of carboxylic acids is 1. The average Bonchev–Trinajstić information content (AvgIpc) is 2.26. The first kappa shape index (κ1) is 12.7. The highest BCUT2D eigenvalue weighted by Crippen LogP contribution is 2.11. The summed E-state index contributed by atoms with van der Waals surface area (Å²) in [6.45, 7) is 0.213. The molecule has 1 rings (SSSR count). The fourth-order valence-electron chi connectivity index (χ4n) is 1.18. The Morgan fingerprint density at radius 3 is 2.38 bits per heavy atom. The first-order chi connectivity index (χ1) is 7.50. The van der Waals surface area contributed by atoms with Gasteiger partial charge in [0.15, 0.2) is 0 Å². The van der Waals surface area contributed by atoms with Crippen molar-refractivity contribution < 1.29 is 14.7 Å². The Morgan fingerprint density at radius 2 is 1.88 bits per heavy atom. The van der Waals surface area contributed by atoms with Gasteiger partial charge in [-0.15, -0.1) is 0 Å². The molecule has 0 radical (unpaired) electrons. The zero-order chi connectivity index (χ0) is 12.1. The van der Waals surface area contributed by atoms with Crippen molar-refractivity contribution in [3.63, 3.8) is 0 Å². The quantitative estimate of drug-likeness (QED) is 0.921. The average molecular weight is 286 g/mol. The van der Waals surface area contributed by atoms with Gasteiger partial charge in [0, 0.05) is 23.6 Å². The van der Waals surface area contributed by atoms with E-state index >= 15 is 0 Å². The van der Waals surface area contributed by atoms with Crippen LogP contribution in [0.2, 0.25) is 0 Å². The van der Waals surface area contributed by atoms with Crippen LogP contribution in [0.25, 0.3) is 0 Å². The number of amides is 1. The normalized spacial score (nSPS) is 9.88. The summed E-state index contributed by atoms with van der Waals surface area (Å²) in [7, 11) is 1.59. The predicted molar refractivity (Wildman–Crippen MR) is 63.4 cm³/mol. The van der Waals surface area contributed by atoms with E-state index in [4.69, 9.17) is 5.11 Å².